The fourth-order valence-electron chi connectivity index (χ4n) is 3.33. The van der Waals surface area contributed by atoms with Crippen molar-refractivity contribution in [2.45, 2.75) is 123 Å². The molecule has 0 nitrogen and oxygen atoms in total. The lowest BCUT2D eigenvalue weighted by Crippen LogP contribution is -2.00. The number of hydrogen-bond donors (Lipinski definition) is 0. The first-order chi connectivity index (χ1) is 10.3. The number of hydrogen-bond acceptors (Lipinski definition) is 0. The predicted octanol–water partition coefficient (Wildman–Crippen LogP) is 8.11. The van der Waals surface area contributed by atoms with Crippen LogP contribution >= 0.6 is 0 Å². The van der Waals surface area contributed by atoms with Crippen molar-refractivity contribution in [2.24, 2.45) is 5.92 Å². The second kappa shape index (κ2) is 18.1. The number of unbranched alkanes of at least 4 members (excludes halogenated alkanes) is 11. The van der Waals surface area contributed by atoms with Crippen LogP contribution in [0.3, 0.4) is 0 Å². The van der Waals surface area contributed by atoms with Crippen LogP contribution in [0, 0.1) is 12.8 Å². The Kier molecular flexibility index (Phi) is 18.1. The van der Waals surface area contributed by atoms with Crippen molar-refractivity contribution in [3.63, 3.8) is 0 Å². The molecule has 0 aromatic rings. The Hall–Kier alpha value is 0. The van der Waals surface area contributed by atoms with E-state index in [2.05, 4.69) is 20.8 Å². The molecule has 21 heavy (non-hydrogen) atoms. The van der Waals surface area contributed by atoms with Gasteiger partial charge < -0.3 is 0 Å². The summed E-state index contributed by atoms with van der Waals surface area (Å²) in [7, 11) is 0. The minimum absolute atomic E-state index is 0.976. The molecule has 0 spiro atoms. The van der Waals surface area contributed by atoms with Gasteiger partial charge in [0, 0.05) is 0 Å². The molecule has 0 fully saturated rings. The van der Waals surface area contributed by atoms with E-state index in [1.54, 1.807) is 0 Å². The number of rotatable bonds is 17. The second-order valence-electron chi connectivity index (χ2n) is 6.97. The van der Waals surface area contributed by atoms with Crippen molar-refractivity contribution in [3.05, 3.63) is 6.92 Å². The molecule has 0 aromatic carbocycles. The molecule has 0 heterocycles. The molecule has 0 bridgehead atoms. The maximum absolute atomic E-state index is 4.07. The average Bonchev–Trinajstić information content (AvgIpc) is 2.49. The molecule has 0 N–H and O–H groups in total. The molecule has 0 aromatic heterocycles. The fourth-order valence-corrected chi connectivity index (χ4v) is 3.33. The lowest BCUT2D eigenvalue weighted by Gasteiger charge is -2.16. The standard InChI is InChI=1S/C21H43/c1-4-7-9-11-13-15-17-20-21(18-6-3)19-16-14-12-10-8-5-2/h21H,3-20H2,1-2H3. The molecule has 0 aliphatic rings. The SMILES string of the molecule is [CH2]CCC(CCCCCCCC)CCCCCCCCC. The zero-order valence-electron chi connectivity index (χ0n) is 15.3. The minimum atomic E-state index is 0.976. The molecule has 1 unspecified atom stereocenters. The van der Waals surface area contributed by atoms with Gasteiger partial charge in [0.25, 0.3) is 0 Å². The lowest BCUT2D eigenvalue weighted by molar-refractivity contribution is 0.382. The van der Waals surface area contributed by atoms with E-state index in [4.69, 9.17) is 0 Å². The highest BCUT2D eigenvalue weighted by Crippen LogP contribution is 2.23. The second-order valence-corrected chi connectivity index (χ2v) is 6.97. The summed E-state index contributed by atoms with van der Waals surface area (Å²) in [5, 5.41) is 0. The van der Waals surface area contributed by atoms with Crippen molar-refractivity contribution in [1.29, 1.82) is 0 Å². The molecule has 0 heteroatoms. The molecule has 0 amide bonds. The maximum atomic E-state index is 4.07. The third kappa shape index (κ3) is 16.2. The van der Waals surface area contributed by atoms with E-state index in [1.165, 1.54) is 103 Å². The van der Waals surface area contributed by atoms with E-state index in [0.29, 0.717) is 0 Å². The van der Waals surface area contributed by atoms with Crippen LogP contribution in [0.2, 0.25) is 0 Å². The van der Waals surface area contributed by atoms with Crippen LogP contribution in [0.5, 0.6) is 0 Å². The minimum Gasteiger partial charge on any atom is -0.0654 e. The van der Waals surface area contributed by atoms with E-state index in [0.717, 1.165) is 12.3 Å². The van der Waals surface area contributed by atoms with Gasteiger partial charge in [-0.05, 0) is 5.92 Å². The van der Waals surface area contributed by atoms with Crippen molar-refractivity contribution in [2.75, 3.05) is 0 Å². The van der Waals surface area contributed by atoms with Gasteiger partial charge in [0.2, 0.25) is 0 Å². The Morgan fingerprint density at radius 3 is 1.29 bits per heavy atom. The van der Waals surface area contributed by atoms with E-state index in [1.807, 2.05) is 0 Å². The molecule has 0 saturated carbocycles. The third-order valence-corrected chi connectivity index (χ3v) is 4.79. The molecule has 127 valence electrons. The van der Waals surface area contributed by atoms with Gasteiger partial charge in [0.15, 0.2) is 0 Å². The Morgan fingerprint density at radius 2 is 0.905 bits per heavy atom. The van der Waals surface area contributed by atoms with Crippen LogP contribution in [0.25, 0.3) is 0 Å². The van der Waals surface area contributed by atoms with Crippen LogP contribution in [0.15, 0.2) is 0 Å². The van der Waals surface area contributed by atoms with Crippen molar-refractivity contribution < 1.29 is 0 Å². The highest BCUT2D eigenvalue weighted by molar-refractivity contribution is 4.62. The third-order valence-electron chi connectivity index (χ3n) is 4.79. The van der Waals surface area contributed by atoms with E-state index in [9.17, 15) is 0 Å². The zero-order valence-corrected chi connectivity index (χ0v) is 15.3. The van der Waals surface area contributed by atoms with E-state index >= 15 is 0 Å². The Bertz CT molecular complexity index is 173. The first-order valence-electron chi connectivity index (χ1n) is 10.1. The molecule has 1 atom stereocenters. The highest BCUT2D eigenvalue weighted by atomic mass is 14.1. The quantitative estimate of drug-likeness (QED) is 0.238. The van der Waals surface area contributed by atoms with Crippen LogP contribution in [-0.4, -0.2) is 0 Å². The summed E-state index contributed by atoms with van der Waals surface area (Å²) < 4.78 is 0. The van der Waals surface area contributed by atoms with Crippen molar-refractivity contribution >= 4 is 0 Å². The van der Waals surface area contributed by atoms with Gasteiger partial charge in [0.1, 0.15) is 0 Å². The van der Waals surface area contributed by atoms with Crippen LogP contribution in [0.1, 0.15) is 123 Å². The summed E-state index contributed by atoms with van der Waals surface area (Å²) in [5.41, 5.74) is 0. The summed E-state index contributed by atoms with van der Waals surface area (Å²) >= 11 is 0. The summed E-state index contributed by atoms with van der Waals surface area (Å²) in [6.07, 6.45) is 24.2. The van der Waals surface area contributed by atoms with Crippen LogP contribution in [0.4, 0.5) is 0 Å². The molecule has 0 rings (SSSR count). The Morgan fingerprint density at radius 1 is 0.524 bits per heavy atom. The zero-order chi connectivity index (χ0) is 15.6. The summed E-state index contributed by atoms with van der Waals surface area (Å²) in [6.45, 7) is 8.67. The predicted molar refractivity (Wildman–Crippen MR) is 98.7 cm³/mol. The molecular formula is C21H43. The highest BCUT2D eigenvalue weighted by Gasteiger charge is 2.07. The normalized spacial score (nSPS) is 12.7. The molecule has 1 radical (unpaired) electrons. The topological polar surface area (TPSA) is 0 Å². The first-order valence-corrected chi connectivity index (χ1v) is 10.1. The van der Waals surface area contributed by atoms with Crippen molar-refractivity contribution in [3.8, 4) is 0 Å². The fraction of sp³-hybridized carbons (Fsp3) is 0.952. The molecular weight excluding hydrogens is 252 g/mol. The summed E-state index contributed by atoms with van der Waals surface area (Å²) in [6, 6.07) is 0. The van der Waals surface area contributed by atoms with E-state index in [-0.39, 0.29) is 0 Å². The van der Waals surface area contributed by atoms with Gasteiger partial charge in [-0.1, -0.05) is 130 Å². The van der Waals surface area contributed by atoms with Gasteiger partial charge in [-0.3, -0.25) is 0 Å². The van der Waals surface area contributed by atoms with Crippen LogP contribution in [-0.2, 0) is 0 Å². The van der Waals surface area contributed by atoms with Gasteiger partial charge in [-0.25, -0.2) is 0 Å². The van der Waals surface area contributed by atoms with Crippen LogP contribution < -0.4 is 0 Å². The maximum Gasteiger partial charge on any atom is -0.0414 e. The van der Waals surface area contributed by atoms with Gasteiger partial charge in [-0.2, -0.15) is 0 Å². The van der Waals surface area contributed by atoms with Gasteiger partial charge in [-0.15, -0.1) is 0 Å². The van der Waals surface area contributed by atoms with Crippen molar-refractivity contribution in [1.82, 2.24) is 0 Å². The summed E-state index contributed by atoms with van der Waals surface area (Å²) in [5.74, 6) is 0.976. The smallest absolute Gasteiger partial charge is 0.0414 e. The average molecular weight is 296 g/mol. The monoisotopic (exact) mass is 295 g/mol. The van der Waals surface area contributed by atoms with E-state index < -0.39 is 0 Å². The molecule has 0 aliphatic carbocycles. The Balaban J connectivity index is 3.44. The first kappa shape index (κ1) is 21.0. The molecule has 0 aliphatic heterocycles. The summed E-state index contributed by atoms with van der Waals surface area (Å²) in [4.78, 5) is 0. The Labute approximate surface area is 136 Å². The lowest BCUT2D eigenvalue weighted by atomic mass is 9.90. The molecule has 0 saturated heterocycles. The van der Waals surface area contributed by atoms with Gasteiger partial charge >= 0.3 is 0 Å². The van der Waals surface area contributed by atoms with Gasteiger partial charge in [0.05, 0.1) is 0 Å². The largest absolute Gasteiger partial charge is 0.0654 e.